The molecule has 0 aromatic heterocycles. The van der Waals surface area contributed by atoms with Gasteiger partial charge in [0.1, 0.15) is 0 Å². The van der Waals surface area contributed by atoms with E-state index >= 15 is 0 Å². The quantitative estimate of drug-likeness (QED) is 0.256. The number of rotatable bonds is 5. The van der Waals surface area contributed by atoms with Gasteiger partial charge in [-0.3, -0.25) is 10.4 Å². The number of piperidine rings is 2. The van der Waals surface area contributed by atoms with E-state index in [0.717, 1.165) is 57.2 Å². The fourth-order valence-electron chi connectivity index (χ4n) is 3.58. The summed E-state index contributed by atoms with van der Waals surface area (Å²) in [5.74, 6) is 7.27. The van der Waals surface area contributed by atoms with E-state index in [-0.39, 0.29) is 0 Å². The molecule has 0 aliphatic carbocycles. The Bertz CT molecular complexity index is 336. The van der Waals surface area contributed by atoms with E-state index in [1.165, 1.54) is 25.8 Å². The smallest absolute Gasteiger partial charge is 0.208 e. The van der Waals surface area contributed by atoms with Crippen molar-refractivity contribution in [2.24, 2.45) is 16.8 Å². The largest absolute Gasteiger partial charge is 0.382 e. The fourth-order valence-corrected chi connectivity index (χ4v) is 3.58. The van der Waals surface area contributed by atoms with Crippen LogP contribution in [0.1, 0.15) is 32.6 Å². The predicted molar refractivity (Wildman–Crippen MR) is 86.1 cm³/mol. The van der Waals surface area contributed by atoms with E-state index in [1.54, 1.807) is 0 Å². The Morgan fingerprint density at radius 2 is 2.24 bits per heavy atom. The molecular formula is C15H31N5O. The minimum atomic E-state index is 0.743. The molecule has 2 unspecified atom stereocenters. The molecule has 0 radical (unpaired) electrons. The summed E-state index contributed by atoms with van der Waals surface area (Å²) in [5, 5.41) is 0. The molecule has 6 nitrogen and oxygen atoms in total. The molecular weight excluding hydrogens is 266 g/mol. The molecule has 3 N–H and O–H groups in total. The van der Waals surface area contributed by atoms with Gasteiger partial charge in [-0.15, -0.1) is 0 Å². The third-order valence-corrected chi connectivity index (χ3v) is 4.69. The average Bonchev–Trinajstić information content (AvgIpc) is 2.51. The minimum absolute atomic E-state index is 0.743. The summed E-state index contributed by atoms with van der Waals surface area (Å²) in [5.41, 5.74) is 2.79. The van der Waals surface area contributed by atoms with Crippen LogP contribution in [0.2, 0.25) is 0 Å². The molecule has 2 rings (SSSR count). The summed E-state index contributed by atoms with van der Waals surface area (Å²) >= 11 is 0. The van der Waals surface area contributed by atoms with Crippen LogP contribution in [0.5, 0.6) is 0 Å². The zero-order valence-electron chi connectivity index (χ0n) is 13.6. The summed E-state index contributed by atoms with van der Waals surface area (Å²) in [6, 6.07) is 0.743. The second kappa shape index (κ2) is 8.56. The average molecular weight is 297 g/mol. The number of hydrogen-bond donors (Lipinski definition) is 2. The van der Waals surface area contributed by atoms with Crippen LogP contribution in [0.3, 0.4) is 0 Å². The van der Waals surface area contributed by atoms with E-state index in [0.29, 0.717) is 0 Å². The highest BCUT2D eigenvalue weighted by Crippen LogP contribution is 2.29. The Kier molecular flexibility index (Phi) is 6.73. The highest BCUT2D eigenvalue weighted by atomic mass is 16.5. The molecule has 2 atom stereocenters. The van der Waals surface area contributed by atoms with Gasteiger partial charge in [0.05, 0.1) is 0 Å². The third-order valence-electron chi connectivity index (χ3n) is 4.69. The van der Waals surface area contributed by atoms with Crippen LogP contribution in [0.15, 0.2) is 4.99 Å². The summed E-state index contributed by atoms with van der Waals surface area (Å²) < 4.78 is 5.34. The predicted octanol–water partition coefficient (Wildman–Crippen LogP) is 0.648. The number of hydrazine groups is 1. The Morgan fingerprint density at radius 3 is 3.00 bits per heavy atom. The van der Waals surface area contributed by atoms with E-state index < -0.39 is 0 Å². The molecule has 0 amide bonds. The second-order valence-corrected chi connectivity index (χ2v) is 6.09. The monoisotopic (exact) mass is 297 g/mol. The summed E-state index contributed by atoms with van der Waals surface area (Å²) in [4.78, 5) is 9.46. The summed E-state index contributed by atoms with van der Waals surface area (Å²) in [7, 11) is 2.26. The van der Waals surface area contributed by atoms with Gasteiger partial charge in [-0.05, 0) is 52.1 Å². The van der Waals surface area contributed by atoms with Gasteiger partial charge in [0, 0.05) is 38.9 Å². The molecule has 2 aliphatic rings. The van der Waals surface area contributed by atoms with Crippen molar-refractivity contribution in [2.75, 3.05) is 46.4 Å². The lowest BCUT2D eigenvalue weighted by Gasteiger charge is -2.46. The van der Waals surface area contributed by atoms with Crippen LogP contribution in [-0.4, -0.2) is 68.2 Å². The normalized spacial score (nSPS) is 27.6. The maximum atomic E-state index is 5.68. The molecule has 6 heteroatoms. The molecule has 0 bridgehead atoms. The first-order valence-corrected chi connectivity index (χ1v) is 8.30. The highest BCUT2D eigenvalue weighted by Gasteiger charge is 2.34. The molecule has 2 aliphatic heterocycles. The van der Waals surface area contributed by atoms with Crippen molar-refractivity contribution in [3.63, 3.8) is 0 Å². The number of nitrogens with zero attached hydrogens (tertiary/aromatic N) is 3. The molecule has 2 heterocycles. The topological polar surface area (TPSA) is 66.1 Å². The maximum absolute atomic E-state index is 5.68. The molecule has 21 heavy (non-hydrogen) atoms. The fraction of sp³-hybridized carbons (Fsp3) is 0.933. The van der Waals surface area contributed by atoms with Gasteiger partial charge in [-0.1, -0.05) is 0 Å². The van der Waals surface area contributed by atoms with Crippen molar-refractivity contribution in [1.82, 2.24) is 15.2 Å². The zero-order valence-corrected chi connectivity index (χ0v) is 13.6. The lowest BCUT2D eigenvalue weighted by atomic mass is 9.84. The first-order chi connectivity index (χ1) is 10.3. The van der Waals surface area contributed by atoms with Gasteiger partial charge in [-0.2, -0.15) is 0 Å². The molecule has 0 aromatic carbocycles. The molecule has 2 saturated heterocycles. The first kappa shape index (κ1) is 16.5. The molecule has 0 spiro atoms. The van der Waals surface area contributed by atoms with E-state index in [9.17, 15) is 0 Å². The lowest BCUT2D eigenvalue weighted by molar-refractivity contribution is 0.0619. The standard InChI is InChI=1S/C15H31N5O/c1-3-21-11-5-8-17-15(18-16)20-10-7-14-13(12-20)6-4-9-19(14)2/h13-14H,3-12,16H2,1-2H3,(H,17,18). The van der Waals surface area contributed by atoms with Crippen molar-refractivity contribution >= 4 is 5.96 Å². The Morgan fingerprint density at radius 1 is 1.38 bits per heavy atom. The van der Waals surface area contributed by atoms with Crippen LogP contribution in [0.25, 0.3) is 0 Å². The Balaban J connectivity index is 1.83. The second-order valence-electron chi connectivity index (χ2n) is 6.09. The van der Waals surface area contributed by atoms with E-state index in [2.05, 4.69) is 27.3 Å². The van der Waals surface area contributed by atoms with Gasteiger partial charge in [-0.25, -0.2) is 5.84 Å². The van der Waals surface area contributed by atoms with Crippen LogP contribution in [-0.2, 0) is 4.74 Å². The zero-order chi connectivity index (χ0) is 15.1. The van der Waals surface area contributed by atoms with Gasteiger partial charge in [0.25, 0.3) is 0 Å². The van der Waals surface area contributed by atoms with Gasteiger partial charge >= 0.3 is 0 Å². The number of ether oxygens (including phenoxy) is 1. The Hall–Kier alpha value is -0.850. The number of guanidine groups is 1. The first-order valence-electron chi connectivity index (χ1n) is 8.30. The molecule has 122 valence electrons. The summed E-state index contributed by atoms with van der Waals surface area (Å²) in [6.07, 6.45) is 4.79. The number of nitrogens with two attached hydrogens (primary N) is 1. The van der Waals surface area contributed by atoms with Crippen molar-refractivity contribution in [3.05, 3.63) is 0 Å². The minimum Gasteiger partial charge on any atom is -0.382 e. The number of hydrogen-bond acceptors (Lipinski definition) is 4. The van der Waals surface area contributed by atoms with E-state index in [1.807, 2.05) is 6.92 Å². The Labute approximate surface area is 128 Å². The van der Waals surface area contributed by atoms with Crippen LogP contribution in [0.4, 0.5) is 0 Å². The van der Waals surface area contributed by atoms with E-state index in [4.69, 9.17) is 10.6 Å². The number of likely N-dealkylation sites (tertiary alicyclic amines) is 2. The molecule has 0 aromatic rings. The van der Waals surface area contributed by atoms with Crippen molar-refractivity contribution < 1.29 is 4.74 Å². The number of fused-ring (bicyclic) bond motifs is 1. The van der Waals surface area contributed by atoms with Gasteiger partial charge in [0.15, 0.2) is 0 Å². The maximum Gasteiger partial charge on any atom is 0.208 e. The highest BCUT2D eigenvalue weighted by molar-refractivity contribution is 5.79. The lowest BCUT2D eigenvalue weighted by Crippen LogP contribution is -2.56. The summed E-state index contributed by atoms with van der Waals surface area (Å²) in [6.45, 7) is 7.69. The number of aliphatic imine (C=N–C) groups is 1. The van der Waals surface area contributed by atoms with Crippen molar-refractivity contribution in [1.29, 1.82) is 0 Å². The SMILES string of the molecule is CCOCCCN=C(NN)N1CCC2C(CCCN2C)C1. The van der Waals surface area contributed by atoms with Gasteiger partial charge < -0.3 is 14.5 Å². The van der Waals surface area contributed by atoms with Crippen LogP contribution >= 0.6 is 0 Å². The van der Waals surface area contributed by atoms with Crippen molar-refractivity contribution in [2.45, 2.75) is 38.6 Å². The van der Waals surface area contributed by atoms with Crippen LogP contribution in [0, 0.1) is 5.92 Å². The van der Waals surface area contributed by atoms with Crippen molar-refractivity contribution in [3.8, 4) is 0 Å². The molecule has 0 saturated carbocycles. The van der Waals surface area contributed by atoms with Gasteiger partial charge in [0.2, 0.25) is 5.96 Å². The molecule has 2 fully saturated rings. The van der Waals surface area contributed by atoms with Crippen LogP contribution < -0.4 is 11.3 Å². The third kappa shape index (κ3) is 4.56. The number of nitrogens with one attached hydrogen (secondary N) is 1.